The van der Waals surface area contributed by atoms with Gasteiger partial charge in [0.25, 0.3) is 0 Å². The Morgan fingerprint density at radius 3 is 2.14 bits per heavy atom. The molecule has 2 aromatic heterocycles. The average molecular weight is 672 g/mol. The second-order valence-corrected chi connectivity index (χ2v) is 13.2. The number of para-hydroxylation sites is 1. The number of fused-ring (bicyclic) bond motifs is 6. The number of aromatic hydroxyl groups is 7. The number of phenolic OH excluding ortho intramolecular Hbond substituents is 7. The number of rotatable bonds is 5. The summed E-state index contributed by atoms with van der Waals surface area (Å²) in [5.74, 6) is -5.01. The van der Waals surface area contributed by atoms with Crippen molar-refractivity contribution >= 4 is 64.7 Å². The average Bonchev–Trinajstić information content (AvgIpc) is 3.70. The van der Waals surface area contributed by atoms with Crippen molar-refractivity contribution in [1.29, 1.82) is 0 Å². The van der Waals surface area contributed by atoms with Crippen LogP contribution in [0.3, 0.4) is 0 Å². The van der Waals surface area contributed by atoms with E-state index >= 15 is 0 Å². The van der Waals surface area contributed by atoms with Crippen LogP contribution in [0.1, 0.15) is 35.6 Å². The Kier molecular flexibility index (Phi) is 6.93. The van der Waals surface area contributed by atoms with E-state index in [1.165, 1.54) is 0 Å². The van der Waals surface area contributed by atoms with Crippen LogP contribution in [0.4, 0.5) is 0 Å². The zero-order chi connectivity index (χ0) is 34.1. The van der Waals surface area contributed by atoms with E-state index in [4.69, 9.17) is 9.41 Å². The summed E-state index contributed by atoms with van der Waals surface area (Å²) in [5, 5.41) is 77.6. The minimum absolute atomic E-state index is 0.0269. The Morgan fingerprint density at radius 2 is 1.41 bits per heavy atom. The van der Waals surface area contributed by atoms with Gasteiger partial charge in [0.1, 0.15) is 16.9 Å². The number of hydrogen-bond donors (Lipinski definition) is 7. The van der Waals surface area contributed by atoms with Crippen molar-refractivity contribution in [2.24, 2.45) is 10.9 Å². The Labute approximate surface area is 282 Å². The third-order valence-corrected chi connectivity index (χ3v) is 10.3. The summed E-state index contributed by atoms with van der Waals surface area (Å²) in [6, 6.07) is 21.0. The lowest BCUT2D eigenvalue weighted by Gasteiger charge is -2.15. The number of nitrogens with zero attached hydrogens (tertiary/aromatic N) is 1. The van der Waals surface area contributed by atoms with Crippen molar-refractivity contribution in [1.82, 2.24) is 0 Å². The van der Waals surface area contributed by atoms with Crippen LogP contribution in [0.25, 0.3) is 47.7 Å². The molecule has 1 aliphatic rings. The molecular weight excluding hydrogens is 642 g/mol. The molecule has 1 aliphatic carbocycles. The quantitative estimate of drug-likeness (QED) is 0.0541. The molecule has 1 atom stereocenters. The number of hydrogen-bond acceptors (Lipinski definition) is 10. The van der Waals surface area contributed by atoms with E-state index in [1.807, 2.05) is 54.6 Å². The monoisotopic (exact) mass is 671 g/mol. The normalized spacial score (nSPS) is 15.2. The number of benzene rings is 5. The first kappa shape index (κ1) is 30.2. The number of aliphatic imine (C=N–C) groups is 1. The molecule has 8 rings (SSSR count). The fourth-order valence-electron chi connectivity index (χ4n) is 6.46. The molecule has 10 heteroatoms. The Morgan fingerprint density at radius 1 is 0.735 bits per heavy atom. The van der Waals surface area contributed by atoms with Gasteiger partial charge in [-0.05, 0) is 47.2 Å². The number of thiophene rings is 1. The van der Waals surface area contributed by atoms with Gasteiger partial charge < -0.3 is 40.2 Å². The van der Waals surface area contributed by atoms with Crippen LogP contribution >= 0.6 is 11.3 Å². The van der Waals surface area contributed by atoms with Gasteiger partial charge in [-0.2, -0.15) is 0 Å². The van der Waals surface area contributed by atoms with E-state index in [0.29, 0.717) is 22.6 Å². The van der Waals surface area contributed by atoms with Crippen molar-refractivity contribution in [3.05, 3.63) is 107 Å². The van der Waals surface area contributed by atoms with E-state index in [1.54, 1.807) is 12.1 Å². The summed E-state index contributed by atoms with van der Waals surface area (Å²) in [6.07, 6.45) is 7.50. The number of furan rings is 1. The molecule has 7 aromatic rings. The van der Waals surface area contributed by atoms with Crippen LogP contribution in [0.15, 0.2) is 94.4 Å². The van der Waals surface area contributed by atoms with Crippen molar-refractivity contribution in [2.75, 3.05) is 0 Å². The topological polar surface area (TPSA) is 167 Å². The predicted molar refractivity (Wildman–Crippen MR) is 191 cm³/mol. The van der Waals surface area contributed by atoms with Crippen LogP contribution in [-0.4, -0.2) is 41.5 Å². The Bertz CT molecular complexity index is 2590. The maximum absolute atomic E-state index is 11.8. The molecule has 0 saturated carbocycles. The molecule has 7 N–H and O–H groups in total. The second kappa shape index (κ2) is 11.2. The molecule has 1 unspecified atom stereocenters. The first-order chi connectivity index (χ1) is 23.6. The molecule has 5 aromatic carbocycles. The highest BCUT2D eigenvalue weighted by Crippen LogP contribution is 2.59. The van der Waals surface area contributed by atoms with Gasteiger partial charge in [-0.15, -0.1) is 11.3 Å². The summed E-state index contributed by atoms with van der Waals surface area (Å²) < 4.78 is 5.97. The molecule has 244 valence electrons. The third kappa shape index (κ3) is 4.71. The Balaban J connectivity index is 1.31. The summed E-state index contributed by atoms with van der Waals surface area (Å²) >= 11 is 0.750. The van der Waals surface area contributed by atoms with Gasteiger partial charge >= 0.3 is 0 Å². The molecule has 0 aliphatic heterocycles. The van der Waals surface area contributed by atoms with Crippen molar-refractivity contribution < 1.29 is 40.2 Å². The summed E-state index contributed by atoms with van der Waals surface area (Å²) in [6.45, 7) is 2.32. The van der Waals surface area contributed by atoms with Gasteiger partial charge in [-0.25, -0.2) is 0 Å². The van der Waals surface area contributed by atoms with Gasteiger partial charge in [-0.3, -0.25) is 4.99 Å². The maximum atomic E-state index is 11.8. The third-order valence-electron chi connectivity index (χ3n) is 9.09. The molecule has 0 saturated heterocycles. The SMILES string of the molecule is CC1C=CC(c2ccc(C/N=C(\c3ccc4c(c3)oc3ccccc34)c3c(O)c(O)c4c(sc5c(O)c(O)c(O)c(O)c54)c3O)cc2)=CC1. The van der Waals surface area contributed by atoms with E-state index in [0.717, 1.165) is 45.2 Å². The second-order valence-electron chi connectivity index (χ2n) is 12.2. The minimum Gasteiger partial charge on any atom is -0.506 e. The zero-order valence-electron chi connectivity index (χ0n) is 26.0. The van der Waals surface area contributed by atoms with Gasteiger partial charge in [0.2, 0.25) is 11.5 Å². The standard InChI is InChI=1S/C39H29NO8S/c1-18-6-10-20(11-7-18)21-12-8-19(9-13-21)17-40-30(22-14-15-24-23-4-2-3-5-25(23)48-26(24)16-22)29-33(43)31(41)27-28-32(42)35(45)36(46)37(47)39(28)49-38(27)34(29)44/h2-6,8-16,18,41-47H,7,17H2,1H3/b40-30+. The van der Waals surface area contributed by atoms with E-state index in [-0.39, 0.29) is 38.0 Å². The fourth-order valence-corrected chi connectivity index (χ4v) is 7.65. The molecule has 0 bridgehead atoms. The molecular formula is C39H29NO8S. The van der Waals surface area contributed by atoms with Crippen molar-refractivity contribution in [3.8, 4) is 40.2 Å². The maximum Gasteiger partial charge on any atom is 0.205 e. The minimum atomic E-state index is -1.01. The molecule has 2 heterocycles. The molecule has 0 radical (unpaired) electrons. The largest absolute Gasteiger partial charge is 0.506 e. The van der Waals surface area contributed by atoms with Gasteiger partial charge in [-0.1, -0.05) is 73.7 Å². The van der Waals surface area contributed by atoms with Gasteiger partial charge in [0.05, 0.1) is 38.0 Å². The molecule has 0 amide bonds. The number of phenols is 7. The summed E-state index contributed by atoms with van der Waals surface area (Å²) in [4.78, 5) is 4.88. The first-order valence-corrected chi connectivity index (χ1v) is 16.4. The van der Waals surface area contributed by atoms with E-state index in [2.05, 4.69) is 25.2 Å². The highest BCUT2D eigenvalue weighted by Gasteiger charge is 2.31. The lowest BCUT2D eigenvalue weighted by atomic mass is 9.94. The van der Waals surface area contributed by atoms with Gasteiger partial charge in [0.15, 0.2) is 23.0 Å². The molecule has 49 heavy (non-hydrogen) atoms. The van der Waals surface area contributed by atoms with Crippen LogP contribution in [-0.2, 0) is 6.54 Å². The molecule has 9 nitrogen and oxygen atoms in total. The lowest BCUT2D eigenvalue weighted by molar-refractivity contribution is 0.351. The molecule has 0 fully saturated rings. The summed E-state index contributed by atoms with van der Waals surface area (Å²) in [7, 11) is 0. The van der Waals surface area contributed by atoms with Crippen molar-refractivity contribution in [3.63, 3.8) is 0 Å². The highest BCUT2D eigenvalue weighted by molar-refractivity contribution is 7.26. The zero-order valence-corrected chi connectivity index (χ0v) is 26.8. The van der Waals surface area contributed by atoms with Crippen LogP contribution in [0, 0.1) is 5.92 Å². The van der Waals surface area contributed by atoms with Crippen LogP contribution < -0.4 is 0 Å². The predicted octanol–water partition coefficient (Wildman–Crippen LogP) is 8.91. The smallest absolute Gasteiger partial charge is 0.205 e. The van der Waals surface area contributed by atoms with Gasteiger partial charge in [0, 0.05) is 16.3 Å². The summed E-state index contributed by atoms with van der Waals surface area (Å²) in [5.41, 5.74) is 4.73. The first-order valence-electron chi connectivity index (χ1n) is 15.5. The van der Waals surface area contributed by atoms with Crippen molar-refractivity contribution in [2.45, 2.75) is 19.9 Å². The molecule has 0 spiro atoms. The van der Waals surface area contributed by atoms with Crippen LogP contribution in [0.2, 0.25) is 0 Å². The fraction of sp³-hybridized carbons (Fsp3) is 0.103. The number of allylic oxidation sites excluding steroid dienone is 4. The Hall–Kier alpha value is -6.13. The van der Waals surface area contributed by atoms with E-state index in [9.17, 15) is 35.7 Å². The lowest BCUT2D eigenvalue weighted by Crippen LogP contribution is -2.06. The highest BCUT2D eigenvalue weighted by atomic mass is 32.1. The van der Waals surface area contributed by atoms with Crippen LogP contribution in [0.5, 0.6) is 40.2 Å². The van der Waals surface area contributed by atoms with E-state index < -0.39 is 40.2 Å².